The summed E-state index contributed by atoms with van der Waals surface area (Å²) in [6.07, 6.45) is 0.347. The number of halogens is 1. The normalized spacial score (nSPS) is 11.6. The molecule has 6 heteroatoms. The highest BCUT2D eigenvalue weighted by molar-refractivity contribution is 5.85. The zero-order chi connectivity index (χ0) is 15.5. The van der Waals surface area contributed by atoms with Crippen LogP contribution in [0.4, 0.5) is 0 Å². The largest absolute Gasteiger partial charge is 0.379 e. The fourth-order valence-electron chi connectivity index (χ4n) is 1.85. The molecule has 0 saturated carbocycles. The lowest BCUT2D eigenvalue weighted by molar-refractivity contribution is -0.121. The van der Waals surface area contributed by atoms with Crippen molar-refractivity contribution in [2.45, 2.75) is 39.5 Å². The molecule has 1 amide bonds. The third-order valence-corrected chi connectivity index (χ3v) is 2.83. The zero-order valence-electron chi connectivity index (χ0n) is 13.3. The summed E-state index contributed by atoms with van der Waals surface area (Å²) >= 11 is 0. The van der Waals surface area contributed by atoms with E-state index in [4.69, 9.17) is 15.2 Å². The summed E-state index contributed by atoms with van der Waals surface area (Å²) in [6, 6.07) is 7.88. The van der Waals surface area contributed by atoms with Crippen molar-refractivity contribution in [1.82, 2.24) is 5.32 Å². The molecule has 1 aromatic rings. The second-order valence-electron chi connectivity index (χ2n) is 5.03. The van der Waals surface area contributed by atoms with Gasteiger partial charge in [-0.05, 0) is 25.0 Å². The minimum atomic E-state index is -0.116. The maximum Gasteiger partial charge on any atom is 0.221 e. The van der Waals surface area contributed by atoms with E-state index in [-0.39, 0.29) is 24.4 Å². The monoisotopic (exact) mass is 330 g/mol. The molecule has 0 aliphatic carbocycles. The van der Waals surface area contributed by atoms with Gasteiger partial charge in [-0.3, -0.25) is 4.79 Å². The molecular weight excluding hydrogens is 304 g/mol. The molecule has 1 unspecified atom stereocenters. The van der Waals surface area contributed by atoms with Gasteiger partial charge in [0.2, 0.25) is 5.91 Å². The highest BCUT2D eigenvalue weighted by atomic mass is 35.5. The Morgan fingerprint density at radius 3 is 2.64 bits per heavy atom. The molecule has 0 fully saturated rings. The minimum absolute atomic E-state index is 0. The Bertz CT molecular complexity index is 428. The average Bonchev–Trinajstić information content (AvgIpc) is 2.45. The summed E-state index contributed by atoms with van der Waals surface area (Å²) in [7, 11) is 0. The van der Waals surface area contributed by atoms with Gasteiger partial charge >= 0.3 is 0 Å². The number of ether oxygens (including phenoxy) is 2. The molecule has 3 N–H and O–H groups in total. The summed E-state index contributed by atoms with van der Waals surface area (Å²) in [5.41, 5.74) is 7.73. The number of carbonyl (C=O) groups excluding carboxylic acids is 1. The number of rotatable bonds is 10. The van der Waals surface area contributed by atoms with Gasteiger partial charge in [-0.25, -0.2) is 0 Å². The molecule has 0 heterocycles. The topological polar surface area (TPSA) is 73.6 Å². The van der Waals surface area contributed by atoms with Crippen LogP contribution < -0.4 is 11.1 Å². The Kier molecular flexibility index (Phi) is 11.8. The standard InChI is InChI=1S/C16H26N2O3.ClH/c1-3-20-7-8-21-12-15-6-4-5-14(10-15)11-18-16(19)9-13(2)17;/h4-6,10,13H,3,7-9,11-12,17H2,1-2H3,(H,18,19);1H. The highest BCUT2D eigenvalue weighted by Gasteiger charge is 2.04. The number of benzene rings is 1. The van der Waals surface area contributed by atoms with Crippen molar-refractivity contribution in [3.8, 4) is 0 Å². The van der Waals surface area contributed by atoms with E-state index in [9.17, 15) is 4.79 Å². The quantitative estimate of drug-likeness (QED) is 0.644. The van der Waals surface area contributed by atoms with E-state index in [1.54, 1.807) is 0 Å². The third kappa shape index (κ3) is 9.73. The van der Waals surface area contributed by atoms with Gasteiger partial charge in [0.25, 0.3) is 0 Å². The molecule has 126 valence electrons. The van der Waals surface area contributed by atoms with Crippen LogP contribution in [0.5, 0.6) is 0 Å². The first-order valence-electron chi connectivity index (χ1n) is 7.37. The van der Waals surface area contributed by atoms with Gasteiger partial charge < -0.3 is 20.5 Å². The van der Waals surface area contributed by atoms with Crippen molar-refractivity contribution in [2.75, 3.05) is 19.8 Å². The summed E-state index contributed by atoms with van der Waals surface area (Å²) in [5.74, 6) is -0.0247. The van der Waals surface area contributed by atoms with Crippen molar-refractivity contribution in [1.29, 1.82) is 0 Å². The second kappa shape index (κ2) is 12.4. The molecule has 0 bridgehead atoms. The van der Waals surface area contributed by atoms with Crippen LogP contribution in [0.2, 0.25) is 0 Å². The van der Waals surface area contributed by atoms with E-state index in [0.29, 0.717) is 39.4 Å². The first kappa shape index (κ1) is 20.9. The van der Waals surface area contributed by atoms with Gasteiger partial charge in [-0.2, -0.15) is 0 Å². The van der Waals surface area contributed by atoms with Crippen molar-refractivity contribution >= 4 is 18.3 Å². The van der Waals surface area contributed by atoms with Crippen LogP contribution in [0.1, 0.15) is 31.4 Å². The molecule has 1 aromatic carbocycles. The van der Waals surface area contributed by atoms with Crippen LogP contribution in [-0.2, 0) is 27.4 Å². The maximum atomic E-state index is 11.6. The first-order valence-corrected chi connectivity index (χ1v) is 7.37. The molecule has 0 spiro atoms. The second-order valence-corrected chi connectivity index (χ2v) is 5.03. The first-order chi connectivity index (χ1) is 10.1. The van der Waals surface area contributed by atoms with Gasteiger partial charge in [0.15, 0.2) is 0 Å². The highest BCUT2D eigenvalue weighted by Crippen LogP contribution is 2.07. The molecule has 5 nitrogen and oxygen atoms in total. The Hall–Kier alpha value is -1.14. The van der Waals surface area contributed by atoms with Crippen molar-refractivity contribution in [3.63, 3.8) is 0 Å². The lowest BCUT2D eigenvalue weighted by Gasteiger charge is -2.09. The van der Waals surface area contributed by atoms with Crippen LogP contribution >= 0.6 is 12.4 Å². The van der Waals surface area contributed by atoms with E-state index >= 15 is 0 Å². The summed E-state index contributed by atoms with van der Waals surface area (Å²) < 4.78 is 10.7. The Labute approximate surface area is 139 Å². The number of hydrogen-bond acceptors (Lipinski definition) is 4. The summed E-state index contributed by atoms with van der Waals surface area (Å²) in [6.45, 7) is 6.75. The van der Waals surface area contributed by atoms with E-state index in [1.165, 1.54) is 0 Å². The fraction of sp³-hybridized carbons (Fsp3) is 0.562. The summed E-state index contributed by atoms with van der Waals surface area (Å²) in [5, 5.41) is 2.86. The molecule has 0 aliphatic rings. The molecule has 0 aliphatic heterocycles. The van der Waals surface area contributed by atoms with Crippen molar-refractivity contribution in [3.05, 3.63) is 35.4 Å². The summed E-state index contributed by atoms with van der Waals surface area (Å²) in [4.78, 5) is 11.6. The van der Waals surface area contributed by atoms with Crippen molar-refractivity contribution in [2.24, 2.45) is 5.73 Å². The maximum absolute atomic E-state index is 11.6. The van der Waals surface area contributed by atoms with E-state index in [1.807, 2.05) is 38.1 Å². The number of nitrogens with two attached hydrogens (primary N) is 1. The lowest BCUT2D eigenvalue weighted by Crippen LogP contribution is -2.29. The predicted octanol–water partition coefficient (Wildman–Crippen LogP) is 2.01. The molecule has 0 aromatic heterocycles. The van der Waals surface area contributed by atoms with Crippen molar-refractivity contribution < 1.29 is 14.3 Å². The molecular formula is C16H27ClN2O3. The SMILES string of the molecule is CCOCCOCc1cccc(CNC(=O)CC(C)N)c1.Cl. The minimum Gasteiger partial charge on any atom is -0.379 e. The molecule has 0 saturated heterocycles. The predicted molar refractivity (Wildman–Crippen MR) is 90.0 cm³/mol. The number of carbonyl (C=O) groups is 1. The van der Waals surface area contributed by atoms with Crippen LogP contribution in [-0.4, -0.2) is 31.8 Å². The molecule has 1 atom stereocenters. The van der Waals surface area contributed by atoms with E-state index in [2.05, 4.69) is 5.32 Å². The number of amides is 1. The third-order valence-electron chi connectivity index (χ3n) is 2.83. The van der Waals surface area contributed by atoms with Gasteiger partial charge in [0.1, 0.15) is 0 Å². The van der Waals surface area contributed by atoms with Crippen LogP contribution in [0, 0.1) is 0 Å². The van der Waals surface area contributed by atoms with E-state index in [0.717, 1.165) is 11.1 Å². The van der Waals surface area contributed by atoms with E-state index < -0.39 is 0 Å². The molecule has 0 radical (unpaired) electrons. The lowest BCUT2D eigenvalue weighted by atomic mass is 10.1. The average molecular weight is 331 g/mol. The molecule has 1 rings (SSSR count). The van der Waals surface area contributed by atoms with Crippen LogP contribution in [0.25, 0.3) is 0 Å². The Balaban J connectivity index is 0.00000441. The van der Waals surface area contributed by atoms with Gasteiger partial charge in [-0.1, -0.05) is 24.3 Å². The van der Waals surface area contributed by atoms with Crippen LogP contribution in [0.3, 0.4) is 0 Å². The Morgan fingerprint density at radius 1 is 1.27 bits per heavy atom. The van der Waals surface area contributed by atoms with Gasteiger partial charge in [0.05, 0.1) is 19.8 Å². The zero-order valence-corrected chi connectivity index (χ0v) is 14.2. The fourth-order valence-corrected chi connectivity index (χ4v) is 1.85. The number of nitrogens with one attached hydrogen (secondary N) is 1. The number of hydrogen-bond donors (Lipinski definition) is 2. The van der Waals surface area contributed by atoms with Gasteiger partial charge in [0, 0.05) is 25.6 Å². The van der Waals surface area contributed by atoms with Gasteiger partial charge in [-0.15, -0.1) is 12.4 Å². The van der Waals surface area contributed by atoms with Crippen LogP contribution in [0.15, 0.2) is 24.3 Å². The smallest absolute Gasteiger partial charge is 0.221 e. The Morgan fingerprint density at radius 2 is 1.95 bits per heavy atom. The molecule has 22 heavy (non-hydrogen) atoms.